The van der Waals surface area contributed by atoms with Crippen LogP contribution in [-0.4, -0.2) is 5.11 Å². The standard InChI is InChI=1S/C12H19NO/c1-7(2)9-5-10(8(3)4)12(13)11(14)6-9/h5-8,14H,13H2,1-4H3. The van der Waals surface area contributed by atoms with Gasteiger partial charge in [0.2, 0.25) is 0 Å². The minimum atomic E-state index is 0.208. The lowest BCUT2D eigenvalue weighted by molar-refractivity contribution is 0.475. The Balaban J connectivity index is 3.28. The molecule has 0 bridgehead atoms. The first-order valence-corrected chi connectivity index (χ1v) is 5.05. The molecule has 0 amide bonds. The predicted molar refractivity (Wildman–Crippen MR) is 60.7 cm³/mol. The minimum Gasteiger partial charge on any atom is -0.506 e. The number of phenolic OH excluding ortho intramolecular Hbond substituents is 1. The van der Waals surface area contributed by atoms with Crippen molar-refractivity contribution in [3.63, 3.8) is 0 Å². The molecule has 0 aromatic heterocycles. The molecule has 0 radical (unpaired) electrons. The zero-order chi connectivity index (χ0) is 10.9. The average molecular weight is 193 g/mol. The van der Waals surface area contributed by atoms with Crippen LogP contribution in [0.5, 0.6) is 5.75 Å². The topological polar surface area (TPSA) is 46.2 Å². The maximum atomic E-state index is 9.65. The van der Waals surface area contributed by atoms with Crippen molar-refractivity contribution < 1.29 is 5.11 Å². The van der Waals surface area contributed by atoms with Crippen molar-refractivity contribution in [2.24, 2.45) is 0 Å². The molecule has 1 aromatic carbocycles. The monoisotopic (exact) mass is 193 g/mol. The summed E-state index contributed by atoms with van der Waals surface area (Å²) in [5, 5.41) is 9.65. The van der Waals surface area contributed by atoms with Gasteiger partial charge in [-0.15, -0.1) is 0 Å². The van der Waals surface area contributed by atoms with E-state index in [-0.39, 0.29) is 5.75 Å². The first-order chi connectivity index (χ1) is 6.43. The van der Waals surface area contributed by atoms with E-state index >= 15 is 0 Å². The molecule has 0 aliphatic carbocycles. The van der Waals surface area contributed by atoms with Gasteiger partial charge in [-0.3, -0.25) is 0 Å². The Morgan fingerprint density at radius 2 is 1.64 bits per heavy atom. The number of rotatable bonds is 2. The summed E-state index contributed by atoms with van der Waals surface area (Å²) in [5.74, 6) is 0.971. The lowest BCUT2D eigenvalue weighted by atomic mass is 9.94. The Morgan fingerprint density at radius 3 is 2.07 bits per heavy atom. The van der Waals surface area contributed by atoms with E-state index in [1.807, 2.05) is 0 Å². The van der Waals surface area contributed by atoms with Gasteiger partial charge in [-0.25, -0.2) is 0 Å². The molecule has 14 heavy (non-hydrogen) atoms. The smallest absolute Gasteiger partial charge is 0.139 e. The zero-order valence-corrected chi connectivity index (χ0v) is 9.33. The van der Waals surface area contributed by atoms with Crippen LogP contribution in [0, 0.1) is 0 Å². The number of benzene rings is 1. The molecule has 3 N–H and O–H groups in total. The second-order valence-electron chi connectivity index (χ2n) is 4.35. The zero-order valence-electron chi connectivity index (χ0n) is 9.33. The van der Waals surface area contributed by atoms with Gasteiger partial charge in [0.1, 0.15) is 5.75 Å². The average Bonchev–Trinajstić information content (AvgIpc) is 2.08. The molecule has 0 spiro atoms. The van der Waals surface area contributed by atoms with Crippen LogP contribution in [0.4, 0.5) is 5.69 Å². The molecule has 78 valence electrons. The van der Waals surface area contributed by atoms with E-state index in [0.29, 0.717) is 17.5 Å². The second kappa shape index (κ2) is 3.91. The van der Waals surface area contributed by atoms with Crippen molar-refractivity contribution >= 4 is 5.69 Å². The molecule has 0 unspecified atom stereocenters. The number of nitrogen functional groups attached to an aromatic ring is 1. The molecule has 0 aliphatic heterocycles. The first kappa shape index (κ1) is 10.9. The van der Waals surface area contributed by atoms with Gasteiger partial charge in [0.05, 0.1) is 5.69 Å². The number of nitrogens with two attached hydrogens (primary N) is 1. The summed E-state index contributed by atoms with van der Waals surface area (Å²) in [6.45, 7) is 8.37. The Labute approximate surface area is 85.8 Å². The van der Waals surface area contributed by atoms with Gasteiger partial charge >= 0.3 is 0 Å². The van der Waals surface area contributed by atoms with Crippen molar-refractivity contribution in [1.29, 1.82) is 0 Å². The SMILES string of the molecule is CC(C)c1cc(O)c(N)c(C(C)C)c1. The van der Waals surface area contributed by atoms with Crippen LogP contribution >= 0.6 is 0 Å². The highest BCUT2D eigenvalue weighted by atomic mass is 16.3. The summed E-state index contributed by atoms with van der Waals surface area (Å²) < 4.78 is 0. The molecule has 0 saturated carbocycles. The summed E-state index contributed by atoms with van der Waals surface area (Å²) >= 11 is 0. The van der Waals surface area contributed by atoms with Crippen molar-refractivity contribution in [3.05, 3.63) is 23.3 Å². The molecule has 1 rings (SSSR count). The number of hydrogen-bond donors (Lipinski definition) is 2. The maximum absolute atomic E-state index is 9.65. The Hall–Kier alpha value is -1.18. The highest BCUT2D eigenvalue weighted by Gasteiger charge is 2.11. The number of anilines is 1. The maximum Gasteiger partial charge on any atom is 0.139 e. The fraction of sp³-hybridized carbons (Fsp3) is 0.500. The van der Waals surface area contributed by atoms with E-state index in [4.69, 9.17) is 5.73 Å². The highest BCUT2D eigenvalue weighted by Crippen LogP contribution is 2.33. The number of phenols is 1. The van der Waals surface area contributed by atoms with Gasteiger partial charge in [0, 0.05) is 0 Å². The van der Waals surface area contributed by atoms with Gasteiger partial charge in [0.25, 0.3) is 0 Å². The fourth-order valence-corrected chi connectivity index (χ4v) is 1.49. The van der Waals surface area contributed by atoms with Crippen LogP contribution in [0.1, 0.15) is 50.7 Å². The fourth-order valence-electron chi connectivity index (χ4n) is 1.49. The Bertz CT molecular complexity index is 329. The van der Waals surface area contributed by atoms with Crippen LogP contribution in [0.15, 0.2) is 12.1 Å². The van der Waals surface area contributed by atoms with Crippen molar-refractivity contribution in [2.45, 2.75) is 39.5 Å². The Morgan fingerprint density at radius 1 is 1.07 bits per heavy atom. The molecule has 0 saturated heterocycles. The third kappa shape index (κ3) is 2.00. The van der Waals surface area contributed by atoms with Crippen LogP contribution in [-0.2, 0) is 0 Å². The molecule has 0 heterocycles. The van der Waals surface area contributed by atoms with Crippen LogP contribution in [0.25, 0.3) is 0 Å². The van der Waals surface area contributed by atoms with E-state index in [0.717, 1.165) is 11.1 Å². The minimum absolute atomic E-state index is 0.208. The summed E-state index contributed by atoms with van der Waals surface area (Å²) in [6.07, 6.45) is 0. The summed E-state index contributed by atoms with van der Waals surface area (Å²) in [4.78, 5) is 0. The molecule has 0 aliphatic rings. The van der Waals surface area contributed by atoms with Crippen molar-refractivity contribution in [3.8, 4) is 5.75 Å². The quantitative estimate of drug-likeness (QED) is 0.559. The van der Waals surface area contributed by atoms with Crippen LogP contribution < -0.4 is 5.73 Å². The van der Waals surface area contributed by atoms with Gasteiger partial charge in [-0.2, -0.15) is 0 Å². The lowest BCUT2D eigenvalue weighted by Gasteiger charge is -2.15. The van der Waals surface area contributed by atoms with Gasteiger partial charge in [-0.1, -0.05) is 33.8 Å². The van der Waals surface area contributed by atoms with Crippen molar-refractivity contribution in [1.82, 2.24) is 0 Å². The van der Waals surface area contributed by atoms with Gasteiger partial charge < -0.3 is 10.8 Å². The number of aromatic hydroxyl groups is 1. The largest absolute Gasteiger partial charge is 0.506 e. The third-order valence-electron chi connectivity index (χ3n) is 2.50. The molecular weight excluding hydrogens is 174 g/mol. The molecule has 0 atom stereocenters. The Kier molecular flexibility index (Phi) is 3.04. The predicted octanol–water partition coefficient (Wildman–Crippen LogP) is 3.22. The summed E-state index contributed by atoms with van der Waals surface area (Å²) in [5.41, 5.74) is 8.50. The summed E-state index contributed by atoms with van der Waals surface area (Å²) in [6, 6.07) is 3.84. The van der Waals surface area contributed by atoms with Gasteiger partial charge in [-0.05, 0) is 29.0 Å². The van der Waals surface area contributed by atoms with Crippen molar-refractivity contribution in [2.75, 3.05) is 5.73 Å². The van der Waals surface area contributed by atoms with E-state index in [1.165, 1.54) is 0 Å². The lowest BCUT2D eigenvalue weighted by Crippen LogP contribution is -1.99. The van der Waals surface area contributed by atoms with E-state index in [2.05, 4.69) is 33.8 Å². The number of hydrogen-bond acceptors (Lipinski definition) is 2. The second-order valence-corrected chi connectivity index (χ2v) is 4.35. The van der Waals surface area contributed by atoms with Gasteiger partial charge in [0.15, 0.2) is 0 Å². The van der Waals surface area contributed by atoms with E-state index < -0.39 is 0 Å². The summed E-state index contributed by atoms with van der Waals surface area (Å²) in [7, 11) is 0. The molecule has 1 aromatic rings. The molecular formula is C12H19NO. The normalized spacial score (nSPS) is 11.3. The van der Waals surface area contributed by atoms with Crippen LogP contribution in [0.3, 0.4) is 0 Å². The van der Waals surface area contributed by atoms with E-state index in [1.54, 1.807) is 6.07 Å². The van der Waals surface area contributed by atoms with Crippen LogP contribution in [0.2, 0.25) is 0 Å². The highest BCUT2D eigenvalue weighted by molar-refractivity contribution is 5.60. The molecule has 2 nitrogen and oxygen atoms in total. The third-order valence-corrected chi connectivity index (χ3v) is 2.50. The van der Waals surface area contributed by atoms with E-state index in [9.17, 15) is 5.11 Å². The molecule has 0 fully saturated rings. The molecule has 2 heteroatoms. The first-order valence-electron chi connectivity index (χ1n) is 5.05.